The van der Waals surface area contributed by atoms with E-state index >= 15 is 0 Å². The molecule has 0 aromatic heterocycles. The van der Waals surface area contributed by atoms with Crippen LogP contribution in [0.15, 0.2) is 24.3 Å². The Labute approximate surface area is 230 Å². The van der Waals surface area contributed by atoms with E-state index < -0.39 is 47.8 Å². The number of benzene rings is 1. The van der Waals surface area contributed by atoms with Crippen LogP contribution in [0.1, 0.15) is 65.9 Å². The average molecular weight is 550 g/mol. The summed E-state index contributed by atoms with van der Waals surface area (Å²) in [6.07, 6.45) is 0.509. The number of nitrogens with zero attached hydrogens (tertiary/aromatic N) is 1. The third-order valence-corrected chi connectivity index (χ3v) is 6.44. The summed E-state index contributed by atoms with van der Waals surface area (Å²) in [5.41, 5.74) is 0.0425. The van der Waals surface area contributed by atoms with Gasteiger partial charge in [0.05, 0.1) is 13.7 Å². The quantitative estimate of drug-likeness (QED) is 0.358. The largest absolute Gasteiger partial charge is 0.508 e. The van der Waals surface area contributed by atoms with Crippen molar-refractivity contribution in [3.05, 3.63) is 29.8 Å². The Bertz CT molecular complexity index is 976. The molecule has 1 fully saturated rings. The number of phenols is 1. The number of amides is 3. The number of hydrogen-bond acceptors (Lipinski definition) is 8. The molecule has 11 heteroatoms. The van der Waals surface area contributed by atoms with Crippen LogP contribution in [0, 0.1) is 5.92 Å². The zero-order chi connectivity index (χ0) is 29.2. The number of esters is 1. The molecule has 1 aromatic carbocycles. The lowest BCUT2D eigenvalue weighted by Crippen LogP contribution is -2.54. The first-order valence-corrected chi connectivity index (χ1v) is 13.4. The van der Waals surface area contributed by atoms with Gasteiger partial charge in [-0.25, -0.2) is 9.59 Å². The smallest absolute Gasteiger partial charge is 0.412 e. The van der Waals surface area contributed by atoms with Gasteiger partial charge in [-0.2, -0.15) is 0 Å². The number of nitrogens with one attached hydrogen (secondary N) is 2. The summed E-state index contributed by atoms with van der Waals surface area (Å²) in [5.74, 6) is -1.62. The van der Waals surface area contributed by atoms with Crippen molar-refractivity contribution in [3.8, 4) is 5.75 Å². The molecule has 0 bridgehead atoms. The van der Waals surface area contributed by atoms with Gasteiger partial charge in [-0.05, 0) is 50.8 Å². The van der Waals surface area contributed by atoms with E-state index in [4.69, 9.17) is 14.2 Å². The molecule has 218 valence electrons. The van der Waals surface area contributed by atoms with Gasteiger partial charge < -0.3 is 30.0 Å². The van der Waals surface area contributed by atoms with Gasteiger partial charge in [0.2, 0.25) is 11.8 Å². The number of ether oxygens (including phenoxy) is 3. The summed E-state index contributed by atoms with van der Waals surface area (Å²) in [6, 6.07) is 4.44. The van der Waals surface area contributed by atoms with Gasteiger partial charge in [0.1, 0.15) is 29.7 Å². The van der Waals surface area contributed by atoms with Gasteiger partial charge in [0.25, 0.3) is 0 Å². The molecule has 0 aliphatic carbocycles. The third-order valence-electron chi connectivity index (χ3n) is 6.44. The fourth-order valence-electron chi connectivity index (χ4n) is 4.10. The zero-order valence-corrected chi connectivity index (χ0v) is 23.8. The molecule has 3 N–H and O–H groups in total. The molecule has 3 amide bonds. The maximum atomic E-state index is 13.3. The van der Waals surface area contributed by atoms with Crippen molar-refractivity contribution in [2.45, 2.75) is 90.6 Å². The average Bonchev–Trinajstić information content (AvgIpc) is 2.89. The standard InChI is InChI=1S/C28H43N3O8/c1-7-18(2)24(26(35)37-6)30-25(34)21(17-19-9-11-20(32)12-10-19)29-22(33)13-14-23-31(15-8-16-38-23)27(36)39-28(3,4)5/h9-12,18,21,23-24,32H,7-8,13-17H2,1-6H3,(H,29,33)(H,30,34)/t18-,21-,23?,24-/m0/s1. The van der Waals surface area contributed by atoms with E-state index in [2.05, 4.69) is 10.6 Å². The molecule has 1 aliphatic rings. The van der Waals surface area contributed by atoms with Crippen LogP contribution in [0.2, 0.25) is 0 Å². The minimum Gasteiger partial charge on any atom is -0.508 e. The minimum atomic E-state index is -0.993. The SMILES string of the molecule is CC[C@H](C)[C@H](NC(=O)[C@H](Cc1ccc(O)cc1)NC(=O)CCC1OCCCN1C(=O)OC(C)(C)C)C(=O)OC. The molecule has 1 unspecified atom stereocenters. The molecule has 39 heavy (non-hydrogen) atoms. The Morgan fingerprint density at radius 3 is 2.41 bits per heavy atom. The zero-order valence-electron chi connectivity index (χ0n) is 23.8. The van der Waals surface area contributed by atoms with Crippen LogP contribution < -0.4 is 10.6 Å². The van der Waals surface area contributed by atoms with Crippen molar-refractivity contribution in [2.24, 2.45) is 5.92 Å². The van der Waals surface area contributed by atoms with Crippen LogP contribution in [0.5, 0.6) is 5.75 Å². The number of rotatable bonds is 11. The lowest BCUT2D eigenvalue weighted by atomic mass is 9.98. The van der Waals surface area contributed by atoms with Gasteiger partial charge in [0, 0.05) is 25.8 Å². The predicted molar refractivity (Wildman–Crippen MR) is 144 cm³/mol. The molecule has 0 radical (unpaired) electrons. The normalized spacial score (nSPS) is 17.9. The van der Waals surface area contributed by atoms with Crippen molar-refractivity contribution >= 4 is 23.9 Å². The predicted octanol–water partition coefficient (Wildman–Crippen LogP) is 2.89. The van der Waals surface area contributed by atoms with Crippen LogP contribution in [0.3, 0.4) is 0 Å². The van der Waals surface area contributed by atoms with Crippen molar-refractivity contribution in [1.29, 1.82) is 0 Å². The van der Waals surface area contributed by atoms with Crippen LogP contribution in [-0.2, 0) is 35.0 Å². The minimum absolute atomic E-state index is 0.00485. The molecular weight excluding hydrogens is 506 g/mol. The van der Waals surface area contributed by atoms with Crippen molar-refractivity contribution in [2.75, 3.05) is 20.3 Å². The first kappa shape index (κ1) is 31.9. The highest BCUT2D eigenvalue weighted by Gasteiger charge is 2.33. The first-order chi connectivity index (χ1) is 18.3. The van der Waals surface area contributed by atoms with E-state index in [1.165, 1.54) is 24.1 Å². The summed E-state index contributed by atoms with van der Waals surface area (Å²) in [5, 5.41) is 15.1. The molecule has 1 aromatic rings. The van der Waals surface area contributed by atoms with Gasteiger partial charge in [-0.3, -0.25) is 14.5 Å². The van der Waals surface area contributed by atoms with E-state index in [1.54, 1.807) is 32.9 Å². The van der Waals surface area contributed by atoms with Gasteiger partial charge in [0.15, 0.2) is 0 Å². The maximum Gasteiger partial charge on any atom is 0.412 e. The monoisotopic (exact) mass is 549 g/mol. The topological polar surface area (TPSA) is 144 Å². The van der Waals surface area contributed by atoms with Crippen molar-refractivity contribution < 1.29 is 38.5 Å². The van der Waals surface area contributed by atoms with Gasteiger partial charge >= 0.3 is 12.1 Å². The Morgan fingerprint density at radius 1 is 1.15 bits per heavy atom. The Kier molecular flexibility index (Phi) is 12.0. The number of phenolic OH excluding ortho intramolecular Hbond substituents is 1. The van der Waals surface area contributed by atoms with E-state index in [9.17, 15) is 24.3 Å². The summed E-state index contributed by atoms with van der Waals surface area (Å²) in [6.45, 7) is 9.99. The fraction of sp³-hybridized carbons (Fsp3) is 0.643. The van der Waals surface area contributed by atoms with Gasteiger partial charge in [-0.15, -0.1) is 0 Å². The number of methoxy groups -OCH3 is 1. The van der Waals surface area contributed by atoms with Crippen LogP contribution in [0.25, 0.3) is 0 Å². The van der Waals surface area contributed by atoms with E-state index in [-0.39, 0.29) is 30.9 Å². The summed E-state index contributed by atoms with van der Waals surface area (Å²) < 4.78 is 16.1. The van der Waals surface area contributed by atoms with E-state index in [1.807, 2.05) is 13.8 Å². The lowest BCUT2D eigenvalue weighted by Gasteiger charge is -2.36. The van der Waals surface area contributed by atoms with Crippen molar-refractivity contribution in [3.63, 3.8) is 0 Å². The third kappa shape index (κ3) is 10.4. The van der Waals surface area contributed by atoms with Crippen LogP contribution >= 0.6 is 0 Å². The molecule has 4 atom stereocenters. The molecule has 0 saturated carbocycles. The van der Waals surface area contributed by atoms with Crippen LogP contribution in [0.4, 0.5) is 4.79 Å². The second-order valence-corrected chi connectivity index (χ2v) is 10.8. The molecule has 0 spiro atoms. The van der Waals surface area contributed by atoms with Crippen LogP contribution in [-0.4, -0.2) is 78.1 Å². The first-order valence-electron chi connectivity index (χ1n) is 13.4. The number of carbonyl (C=O) groups excluding carboxylic acids is 4. The molecule has 1 aliphatic heterocycles. The van der Waals surface area contributed by atoms with Gasteiger partial charge in [-0.1, -0.05) is 32.4 Å². The second kappa shape index (κ2) is 14.7. The number of aromatic hydroxyl groups is 1. The lowest BCUT2D eigenvalue weighted by molar-refractivity contribution is -0.147. The molecular formula is C28H43N3O8. The molecule has 11 nitrogen and oxygen atoms in total. The van der Waals surface area contributed by atoms with Crippen molar-refractivity contribution in [1.82, 2.24) is 15.5 Å². The molecule has 2 rings (SSSR count). The summed E-state index contributed by atoms with van der Waals surface area (Å²) >= 11 is 0. The highest BCUT2D eigenvalue weighted by atomic mass is 16.6. The van der Waals surface area contributed by atoms with E-state index in [0.717, 1.165) is 0 Å². The maximum absolute atomic E-state index is 13.3. The highest BCUT2D eigenvalue weighted by Crippen LogP contribution is 2.20. The molecule has 1 saturated heterocycles. The number of carbonyl (C=O) groups is 4. The summed E-state index contributed by atoms with van der Waals surface area (Å²) in [4.78, 5) is 52.8. The Morgan fingerprint density at radius 2 is 1.82 bits per heavy atom. The number of hydrogen-bond donors (Lipinski definition) is 3. The second-order valence-electron chi connectivity index (χ2n) is 10.8. The van der Waals surface area contributed by atoms with E-state index in [0.29, 0.717) is 31.6 Å². The molecule has 1 heterocycles. The highest BCUT2D eigenvalue weighted by molar-refractivity contribution is 5.91. The Hall–Kier alpha value is -3.34. The summed E-state index contributed by atoms with van der Waals surface area (Å²) in [7, 11) is 1.26. The Balaban J connectivity index is 2.12. The fourth-order valence-corrected chi connectivity index (χ4v) is 4.10.